The zero-order valence-electron chi connectivity index (χ0n) is 10.7. The lowest BCUT2D eigenvalue weighted by molar-refractivity contribution is -0.385. The van der Waals surface area contributed by atoms with Gasteiger partial charge in [0, 0.05) is 23.7 Å². The molecule has 1 aromatic rings. The van der Waals surface area contributed by atoms with Crippen molar-refractivity contribution < 1.29 is 14.8 Å². The summed E-state index contributed by atoms with van der Waals surface area (Å²) in [7, 11) is 0. The molecule has 19 heavy (non-hydrogen) atoms. The Morgan fingerprint density at radius 3 is 2.95 bits per heavy atom. The number of carbonyl (C=O) groups is 1. The van der Waals surface area contributed by atoms with Gasteiger partial charge in [0.05, 0.1) is 17.6 Å². The maximum absolute atomic E-state index is 12.3. The van der Waals surface area contributed by atoms with Crippen LogP contribution in [-0.2, 0) is 0 Å². The predicted molar refractivity (Wildman–Crippen MR) is 69.0 cm³/mol. The molecule has 1 fully saturated rings. The van der Waals surface area contributed by atoms with Gasteiger partial charge in [-0.1, -0.05) is 6.07 Å². The van der Waals surface area contributed by atoms with Gasteiger partial charge >= 0.3 is 0 Å². The number of aliphatic hydroxyl groups is 1. The molecule has 1 aliphatic heterocycles. The largest absolute Gasteiger partial charge is 0.394 e. The zero-order chi connectivity index (χ0) is 14.0. The van der Waals surface area contributed by atoms with Gasteiger partial charge in [-0.3, -0.25) is 14.9 Å². The van der Waals surface area contributed by atoms with Crippen LogP contribution in [-0.4, -0.2) is 40.0 Å². The first-order valence-electron chi connectivity index (χ1n) is 6.21. The lowest BCUT2D eigenvalue weighted by Gasteiger charge is -2.23. The molecule has 6 nitrogen and oxygen atoms in total. The number of aryl methyl sites for hydroxylation is 1. The average molecular weight is 264 g/mol. The van der Waals surface area contributed by atoms with Gasteiger partial charge < -0.3 is 10.0 Å². The van der Waals surface area contributed by atoms with Crippen molar-refractivity contribution in [2.75, 3.05) is 13.2 Å². The first-order valence-corrected chi connectivity index (χ1v) is 6.21. The van der Waals surface area contributed by atoms with E-state index >= 15 is 0 Å². The molecule has 1 amide bonds. The summed E-state index contributed by atoms with van der Waals surface area (Å²) in [6.07, 6.45) is 1.63. The number of nitrogens with zero attached hydrogens (tertiary/aromatic N) is 2. The van der Waals surface area contributed by atoms with Crippen molar-refractivity contribution in [1.82, 2.24) is 4.90 Å². The van der Waals surface area contributed by atoms with Crippen LogP contribution in [0.15, 0.2) is 18.2 Å². The van der Waals surface area contributed by atoms with E-state index in [4.69, 9.17) is 0 Å². The highest BCUT2D eigenvalue weighted by atomic mass is 16.6. The smallest absolute Gasteiger partial charge is 0.273 e. The van der Waals surface area contributed by atoms with Crippen molar-refractivity contribution in [2.45, 2.75) is 25.8 Å². The van der Waals surface area contributed by atoms with Crippen molar-refractivity contribution in [3.05, 3.63) is 39.4 Å². The van der Waals surface area contributed by atoms with Crippen LogP contribution in [0.5, 0.6) is 0 Å². The molecule has 1 N–H and O–H groups in total. The first-order chi connectivity index (χ1) is 9.04. The molecular weight excluding hydrogens is 248 g/mol. The predicted octanol–water partition coefficient (Wildman–Crippen LogP) is 1.50. The lowest BCUT2D eigenvalue weighted by Crippen LogP contribution is -2.37. The number of likely N-dealkylation sites (tertiary alicyclic amines) is 1. The molecule has 1 heterocycles. The van der Waals surface area contributed by atoms with E-state index in [0.29, 0.717) is 17.7 Å². The van der Waals surface area contributed by atoms with Crippen LogP contribution in [0.4, 0.5) is 5.69 Å². The van der Waals surface area contributed by atoms with Gasteiger partial charge in [0.15, 0.2) is 0 Å². The molecule has 1 aliphatic rings. The molecule has 0 spiro atoms. The minimum absolute atomic E-state index is 0.0504. The van der Waals surface area contributed by atoms with Crippen LogP contribution in [0, 0.1) is 17.0 Å². The third-order valence-electron chi connectivity index (χ3n) is 3.50. The van der Waals surface area contributed by atoms with Gasteiger partial charge in [0.25, 0.3) is 11.6 Å². The van der Waals surface area contributed by atoms with Crippen molar-refractivity contribution in [2.24, 2.45) is 0 Å². The molecule has 6 heteroatoms. The second-order valence-corrected chi connectivity index (χ2v) is 4.74. The van der Waals surface area contributed by atoms with E-state index in [1.165, 1.54) is 6.07 Å². The first kappa shape index (κ1) is 13.5. The van der Waals surface area contributed by atoms with E-state index in [0.717, 1.165) is 12.8 Å². The molecule has 0 aliphatic carbocycles. The number of hydrogen-bond donors (Lipinski definition) is 1. The SMILES string of the molecule is Cc1ccc(C(=O)N2CCC[C@H]2CO)cc1[N+](=O)[O-]. The van der Waals surface area contributed by atoms with Gasteiger partial charge in [-0.2, -0.15) is 0 Å². The van der Waals surface area contributed by atoms with E-state index in [1.807, 2.05) is 0 Å². The fraction of sp³-hybridized carbons (Fsp3) is 0.462. The van der Waals surface area contributed by atoms with Crippen LogP contribution >= 0.6 is 0 Å². The van der Waals surface area contributed by atoms with Gasteiger partial charge in [-0.05, 0) is 25.8 Å². The minimum Gasteiger partial charge on any atom is -0.394 e. The minimum atomic E-state index is -0.486. The number of nitro benzene ring substituents is 1. The van der Waals surface area contributed by atoms with Crippen LogP contribution in [0.1, 0.15) is 28.8 Å². The molecule has 0 saturated carbocycles. The van der Waals surface area contributed by atoms with Crippen LogP contribution in [0.3, 0.4) is 0 Å². The molecule has 2 rings (SSSR count). The molecule has 1 aromatic carbocycles. The van der Waals surface area contributed by atoms with E-state index in [9.17, 15) is 20.0 Å². The molecule has 102 valence electrons. The summed E-state index contributed by atoms with van der Waals surface area (Å²) in [6.45, 7) is 2.16. The molecule has 1 atom stereocenters. The standard InChI is InChI=1S/C13H16N2O4/c1-9-4-5-10(7-12(9)15(18)19)13(17)14-6-2-3-11(14)8-16/h4-5,7,11,16H,2-3,6,8H2,1H3/t11-/m0/s1. The molecule has 0 aromatic heterocycles. The maximum atomic E-state index is 12.3. The van der Waals surface area contributed by atoms with Crippen molar-refractivity contribution >= 4 is 11.6 Å². The Hall–Kier alpha value is -1.95. The van der Waals surface area contributed by atoms with E-state index in [2.05, 4.69) is 0 Å². The van der Waals surface area contributed by atoms with E-state index in [-0.39, 0.29) is 24.2 Å². The zero-order valence-corrected chi connectivity index (χ0v) is 10.7. The van der Waals surface area contributed by atoms with Gasteiger partial charge in [0.2, 0.25) is 0 Å². The number of carbonyl (C=O) groups excluding carboxylic acids is 1. The van der Waals surface area contributed by atoms with Crippen molar-refractivity contribution in [1.29, 1.82) is 0 Å². The highest BCUT2D eigenvalue weighted by Gasteiger charge is 2.29. The summed E-state index contributed by atoms with van der Waals surface area (Å²) in [6, 6.07) is 4.31. The Kier molecular flexibility index (Phi) is 3.80. The van der Waals surface area contributed by atoms with E-state index in [1.54, 1.807) is 24.0 Å². The fourth-order valence-electron chi connectivity index (χ4n) is 2.40. The summed E-state index contributed by atoms with van der Waals surface area (Å²) in [5.41, 5.74) is 0.782. The summed E-state index contributed by atoms with van der Waals surface area (Å²) >= 11 is 0. The van der Waals surface area contributed by atoms with Crippen LogP contribution in [0.25, 0.3) is 0 Å². The van der Waals surface area contributed by atoms with Crippen molar-refractivity contribution in [3.63, 3.8) is 0 Å². The number of rotatable bonds is 3. The Morgan fingerprint density at radius 1 is 1.58 bits per heavy atom. The number of benzene rings is 1. The second kappa shape index (κ2) is 5.36. The number of nitro groups is 1. The maximum Gasteiger partial charge on any atom is 0.273 e. The third kappa shape index (κ3) is 2.58. The van der Waals surface area contributed by atoms with Gasteiger partial charge in [-0.15, -0.1) is 0 Å². The highest BCUT2D eigenvalue weighted by Crippen LogP contribution is 2.23. The topological polar surface area (TPSA) is 83.7 Å². The third-order valence-corrected chi connectivity index (χ3v) is 3.50. The number of aliphatic hydroxyl groups excluding tert-OH is 1. The molecule has 0 radical (unpaired) electrons. The second-order valence-electron chi connectivity index (χ2n) is 4.74. The number of hydrogen-bond acceptors (Lipinski definition) is 4. The van der Waals surface area contributed by atoms with Gasteiger partial charge in [-0.25, -0.2) is 0 Å². The lowest BCUT2D eigenvalue weighted by atomic mass is 10.1. The highest BCUT2D eigenvalue weighted by molar-refractivity contribution is 5.95. The van der Waals surface area contributed by atoms with Crippen molar-refractivity contribution in [3.8, 4) is 0 Å². The van der Waals surface area contributed by atoms with Crippen LogP contribution < -0.4 is 0 Å². The molecule has 1 saturated heterocycles. The molecule has 0 bridgehead atoms. The Bertz CT molecular complexity index is 515. The average Bonchev–Trinajstić information content (AvgIpc) is 2.86. The molecule has 0 unspecified atom stereocenters. The van der Waals surface area contributed by atoms with Gasteiger partial charge in [0.1, 0.15) is 0 Å². The fourth-order valence-corrected chi connectivity index (χ4v) is 2.40. The summed E-state index contributed by atoms with van der Waals surface area (Å²) in [5, 5.41) is 20.1. The summed E-state index contributed by atoms with van der Waals surface area (Å²) in [4.78, 5) is 24.3. The summed E-state index contributed by atoms with van der Waals surface area (Å²) in [5.74, 6) is -0.250. The van der Waals surface area contributed by atoms with E-state index < -0.39 is 4.92 Å². The van der Waals surface area contributed by atoms with Crippen LogP contribution in [0.2, 0.25) is 0 Å². The summed E-state index contributed by atoms with van der Waals surface area (Å²) < 4.78 is 0. The monoisotopic (exact) mass is 264 g/mol. The normalized spacial score (nSPS) is 18.6. The Balaban J connectivity index is 2.29. The number of amides is 1. The Labute approximate surface area is 110 Å². The quantitative estimate of drug-likeness (QED) is 0.662. The molecular formula is C13H16N2O4. The Morgan fingerprint density at radius 2 is 2.32 bits per heavy atom.